The predicted octanol–water partition coefficient (Wildman–Crippen LogP) is -2.07. The van der Waals surface area contributed by atoms with Gasteiger partial charge in [-0.1, -0.05) is 12.1 Å². The van der Waals surface area contributed by atoms with Gasteiger partial charge >= 0.3 is 51.4 Å². The summed E-state index contributed by atoms with van der Waals surface area (Å²) in [6, 6.07) is 9.68. The number of carbonyl (C=O) groups is 2. The van der Waals surface area contributed by atoms with Crippen molar-refractivity contribution in [1.82, 2.24) is 25.1 Å². The molecule has 0 aromatic carbocycles. The maximum absolute atomic E-state index is 12.1. The van der Waals surface area contributed by atoms with Crippen molar-refractivity contribution in [1.29, 1.82) is 0 Å². The fraction of sp³-hybridized carbons (Fsp3) is 0.478. The Morgan fingerprint density at radius 1 is 0.861 bits per heavy atom. The molecule has 0 radical (unpaired) electrons. The fourth-order valence-corrected chi connectivity index (χ4v) is 4.62. The molecule has 0 aliphatic carbocycles. The second kappa shape index (κ2) is 16.6. The summed E-state index contributed by atoms with van der Waals surface area (Å²) in [6.45, 7) is 5.02. The van der Waals surface area contributed by atoms with E-state index in [0.717, 1.165) is 23.4 Å². The predicted molar refractivity (Wildman–Crippen MR) is 133 cm³/mol. The van der Waals surface area contributed by atoms with E-state index in [1.807, 2.05) is 23.1 Å². The Morgan fingerprint density at radius 3 is 1.67 bits per heavy atom. The number of aliphatic carboxylic acids is 1. The zero-order chi connectivity index (χ0) is 25.2. The van der Waals surface area contributed by atoms with Gasteiger partial charge in [-0.05, 0) is 56.1 Å². The molecule has 2 aromatic rings. The first-order valence-electron chi connectivity index (χ1n) is 11.2. The van der Waals surface area contributed by atoms with Crippen molar-refractivity contribution < 1.29 is 75.6 Å². The Hall–Kier alpha value is -0.324. The van der Waals surface area contributed by atoms with E-state index in [2.05, 4.69) is 52.0 Å². The molecule has 4 heterocycles. The van der Waals surface area contributed by atoms with E-state index >= 15 is 0 Å². The number of hydrogen-bond acceptors (Lipinski definition) is 9. The molecule has 2 aliphatic rings. The summed E-state index contributed by atoms with van der Waals surface area (Å²) in [7, 11) is 1.65. The molecule has 2 aliphatic heterocycles. The molecule has 2 atom stereocenters. The van der Waals surface area contributed by atoms with Crippen molar-refractivity contribution in [2.75, 3.05) is 59.7 Å². The van der Waals surface area contributed by atoms with Crippen molar-refractivity contribution in [3.05, 3.63) is 57.0 Å². The van der Waals surface area contributed by atoms with E-state index in [1.54, 1.807) is 25.2 Å². The molecular formula is C23H28Br2KN5O5. The van der Waals surface area contributed by atoms with Crippen molar-refractivity contribution in [2.45, 2.75) is 12.1 Å². The van der Waals surface area contributed by atoms with Gasteiger partial charge in [0.2, 0.25) is 5.91 Å². The number of amides is 1. The normalized spacial score (nSPS) is 18.1. The molecule has 36 heavy (non-hydrogen) atoms. The van der Waals surface area contributed by atoms with Crippen LogP contribution in [-0.2, 0) is 19.1 Å². The standard InChI is InChI=1S/C12H16BrN3O2.C11H13BrN2O3.K/c1-14-12(17)11(16-5-7-18-8-6-16)9-3-2-4-10(13)15-9;12-9-3-1-2-8(13-9)10(11(15)16)14-4-6-17-7-5-14;/h2-4,11H,5-8H2,1H3,(H,14,17);1-3,10H,4-7H2,(H,15,16);/q;;+1/p-1. The van der Waals surface area contributed by atoms with Gasteiger partial charge < -0.3 is 24.7 Å². The number of rotatable bonds is 6. The number of carboxylic acids is 1. The van der Waals surface area contributed by atoms with Crippen LogP contribution in [0, 0.1) is 0 Å². The second-order valence-electron chi connectivity index (χ2n) is 7.81. The zero-order valence-corrected chi connectivity index (χ0v) is 26.7. The number of halogens is 2. The SMILES string of the molecule is CNC(=O)C(c1cccc(Br)n1)N1CCOCC1.O=C([O-])C(c1cccc(Br)n1)N1CCOCC1.[K+]. The number of nitrogens with one attached hydrogen (secondary N) is 1. The Labute approximate surface area is 270 Å². The first-order chi connectivity index (χ1) is 16.9. The van der Waals surface area contributed by atoms with Crippen LogP contribution < -0.4 is 61.8 Å². The molecule has 2 fully saturated rings. The average molecular weight is 653 g/mol. The van der Waals surface area contributed by atoms with E-state index in [4.69, 9.17) is 9.47 Å². The molecule has 0 spiro atoms. The van der Waals surface area contributed by atoms with E-state index < -0.39 is 12.0 Å². The van der Waals surface area contributed by atoms with Crippen LogP contribution in [0.4, 0.5) is 0 Å². The summed E-state index contributed by atoms with van der Waals surface area (Å²) in [4.78, 5) is 35.8. The number of morpholine rings is 2. The number of pyridine rings is 2. The van der Waals surface area contributed by atoms with Crippen LogP contribution in [0.3, 0.4) is 0 Å². The van der Waals surface area contributed by atoms with E-state index in [9.17, 15) is 14.7 Å². The smallest absolute Gasteiger partial charge is 0.548 e. The quantitative estimate of drug-likeness (QED) is 0.277. The molecule has 4 rings (SSSR count). The van der Waals surface area contributed by atoms with E-state index in [-0.39, 0.29) is 63.3 Å². The van der Waals surface area contributed by atoms with E-state index in [1.165, 1.54) is 0 Å². The number of aromatic nitrogens is 2. The van der Waals surface area contributed by atoms with Crippen LogP contribution in [0.2, 0.25) is 0 Å². The minimum absolute atomic E-state index is 0. The third kappa shape index (κ3) is 9.45. The number of carboxylic acid groups (broad SMARTS) is 1. The van der Waals surface area contributed by atoms with Crippen LogP contribution >= 0.6 is 31.9 Å². The van der Waals surface area contributed by atoms with Crippen LogP contribution in [0.25, 0.3) is 0 Å². The first kappa shape index (κ1) is 31.9. The average Bonchev–Trinajstić information content (AvgIpc) is 2.86. The Morgan fingerprint density at radius 2 is 1.28 bits per heavy atom. The second-order valence-corrected chi connectivity index (χ2v) is 9.43. The number of carbonyl (C=O) groups excluding carboxylic acids is 2. The number of ether oxygens (including phenoxy) is 2. The molecule has 2 aromatic heterocycles. The molecular weight excluding hydrogens is 625 g/mol. The molecule has 1 N–H and O–H groups in total. The Bertz CT molecular complexity index is 993. The van der Waals surface area contributed by atoms with Crippen LogP contribution in [0.15, 0.2) is 45.6 Å². The third-order valence-electron chi connectivity index (χ3n) is 5.57. The maximum Gasteiger partial charge on any atom is 1.00 e. The summed E-state index contributed by atoms with van der Waals surface area (Å²) >= 11 is 6.58. The van der Waals surface area contributed by atoms with E-state index in [0.29, 0.717) is 49.8 Å². The zero-order valence-electron chi connectivity index (χ0n) is 20.4. The molecule has 0 saturated carbocycles. The minimum atomic E-state index is -1.13. The van der Waals surface area contributed by atoms with Crippen LogP contribution in [-0.4, -0.2) is 91.3 Å². The summed E-state index contributed by atoms with van der Waals surface area (Å²) in [6.07, 6.45) is 0. The van der Waals surface area contributed by atoms with Crippen molar-refractivity contribution in [3.8, 4) is 0 Å². The molecule has 2 saturated heterocycles. The largest absolute Gasteiger partial charge is 1.00 e. The van der Waals surface area contributed by atoms with Crippen molar-refractivity contribution in [3.63, 3.8) is 0 Å². The summed E-state index contributed by atoms with van der Waals surface area (Å²) < 4.78 is 11.9. The molecule has 13 heteroatoms. The van der Waals surface area contributed by atoms with Crippen LogP contribution in [0.5, 0.6) is 0 Å². The molecule has 2 unspecified atom stereocenters. The van der Waals surface area contributed by atoms with Gasteiger partial charge in [-0.25, -0.2) is 9.97 Å². The van der Waals surface area contributed by atoms with Gasteiger partial charge in [-0.3, -0.25) is 14.6 Å². The monoisotopic (exact) mass is 651 g/mol. The van der Waals surface area contributed by atoms with Gasteiger partial charge in [0.05, 0.1) is 49.8 Å². The minimum Gasteiger partial charge on any atom is -0.548 e. The Kier molecular flexibility index (Phi) is 14.7. The summed E-state index contributed by atoms with van der Waals surface area (Å²) in [5.74, 6) is -1.17. The fourth-order valence-electron chi connectivity index (χ4n) is 3.90. The molecule has 10 nitrogen and oxygen atoms in total. The van der Waals surface area contributed by atoms with Gasteiger partial charge in [0.15, 0.2) is 0 Å². The third-order valence-corrected chi connectivity index (χ3v) is 6.46. The number of likely N-dealkylation sites (N-methyl/N-ethyl adjacent to an activating group) is 1. The van der Waals surface area contributed by atoms with Crippen LogP contribution in [0.1, 0.15) is 23.5 Å². The summed E-state index contributed by atoms with van der Waals surface area (Å²) in [5, 5.41) is 14.0. The first-order valence-corrected chi connectivity index (χ1v) is 12.8. The van der Waals surface area contributed by atoms with Gasteiger partial charge in [-0.15, -0.1) is 0 Å². The Balaban J connectivity index is 0.000000247. The molecule has 190 valence electrons. The summed E-state index contributed by atoms with van der Waals surface area (Å²) in [5.41, 5.74) is 1.24. The van der Waals surface area contributed by atoms with Gasteiger partial charge in [0, 0.05) is 33.2 Å². The molecule has 1 amide bonds. The topological polar surface area (TPSA) is 120 Å². The van der Waals surface area contributed by atoms with Gasteiger partial charge in [-0.2, -0.15) is 0 Å². The maximum atomic E-state index is 12.1. The number of nitrogens with zero attached hydrogens (tertiary/aromatic N) is 4. The van der Waals surface area contributed by atoms with Crippen molar-refractivity contribution >= 4 is 43.7 Å². The molecule has 0 bridgehead atoms. The van der Waals surface area contributed by atoms with Crippen molar-refractivity contribution in [2.24, 2.45) is 0 Å². The number of hydrogen-bond donors (Lipinski definition) is 1. The van der Waals surface area contributed by atoms with Gasteiger partial charge in [0.1, 0.15) is 15.2 Å². The van der Waals surface area contributed by atoms with Gasteiger partial charge in [0.25, 0.3) is 0 Å².